The molecule has 1 aromatic heterocycles. The Morgan fingerprint density at radius 2 is 2.00 bits per heavy atom. The van der Waals surface area contributed by atoms with Gasteiger partial charge in [-0.1, -0.05) is 0 Å². The maximum Gasteiger partial charge on any atom is 0.331 e. The molecule has 0 bridgehead atoms. The van der Waals surface area contributed by atoms with Crippen LogP contribution in [0, 0.1) is 5.41 Å². The first-order valence-electron chi connectivity index (χ1n) is 8.11. The number of carbonyl (C=O) groups is 1. The number of hydrogen-bond donors (Lipinski definition) is 1. The maximum absolute atomic E-state index is 11.5. The van der Waals surface area contributed by atoms with Crippen LogP contribution in [-0.4, -0.2) is 37.8 Å². The highest BCUT2D eigenvalue weighted by atomic mass is 79.9. The largest absolute Gasteiger partial charge is 0.467 e. The van der Waals surface area contributed by atoms with E-state index in [1.165, 1.54) is 20.0 Å². The molecule has 1 spiro atoms. The summed E-state index contributed by atoms with van der Waals surface area (Å²) in [5.41, 5.74) is -0.00112. The van der Waals surface area contributed by atoms with Gasteiger partial charge < -0.3 is 14.8 Å². The van der Waals surface area contributed by atoms with Crippen LogP contribution in [0.15, 0.2) is 9.98 Å². The van der Waals surface area contributed by atoms with E-state index in [1.54, 1.807) is 11.3 Å². The molecule has 0 atom stereocenters. The Morgan fingerprint density at radius 1 is 1.30 bits per heavy atom. The van der Waals surface area contributed by atoms with E-state index < -0.39 is 5.60 Å². The number of nitrogens with one attached hydrogen (secondary N) is 1. The molecular formula is C16H23BrN2O3S. The van der Waals surface area contributed by atoms with Crippen molar-refractivity contribution in [3.8, 4) is 0 Å². The lowest BCUT2D eigenvalue weighted by Gasteiger charge is -2.47. The molecule has 1 N–H and O–H groups in total. The zero-order chi connectivity index (χ0) is 16.3. The zero-order valence-electron chi connectivity index (χ0n) is 13.4. The second-order valence-electron chi connectivity index (χ2n) is 6.58. The van der Waals surface area contributed by atoms with Crippen LogP contribution >= 0.6 is 27.3 Å². The smallest absolute Gasteiger partial charge is 0.331 e. The van der Waals surface area contributed by atoms with Crippen LogP contribution < -0.4 is 5.32 Å². The van der Waals surface area contributed by atoms with Crippen LogP contribution in [0.4, 0.5) is 0 Å². The number of rotatable bonds is 4. The molecule has 0 amide bonds. The van der Waals surface area contributed by atoms with Crippen molar-refractivity contribution in [2.45, 2.75) is 44.1 Å². The fraction of sp³-hybridized carbons (Fsp3) is 0.750. The van der Waals surface area contributed by atoms with Gasteiger partial charge in [-0.3, -0.25) is 0 Å². The molecule has 2 heterocycles. The van der Waals surface area contributed by atoms with Gasteiger partial charge in [0, 0.05) is 5.38 Å². The van der Waals surface area contributed by atoms with Gasteiger partial charge in [-0.25, -0.2) is 9.78 Å². The zero-order valence-corrected chi connectivity index (χ0v) is 15.8. The Morgan fingerprint density at radius 3 is 2.57 bits per heavy atom. The first-order valence-corrected chi connectivity index (χ1v) is 9.78. The molecule has 1 aliphatic carbocycles. The van der Waals surface area contributed by atoms with E-state index >= 15 is 0 Å². The molecule has 1 saturated heterocycles. The quantitative estimate of drug-likeness (QED) is 0.783. The molecule has 0 radical (unpaired) electrons. The third-order valence-corrected chi connectivity index (χ3v) is 7.08. The first kappa shape index (κ1) is 17.3. The Kier molecular flexibility index (Phi) is 5.40. The molecule has 128 valence electrons. The summed E-state index contributed by atoms with van der Waals surface area (Å²) in [6.07, 6.45) is 6.58. The van der Waals surface area contributed by atoms with Crippen molar-refractivity contribution in [2.24, 2.45) is 5.41 Å². The van der Waals surface area contributed by atoms with Crippen LogP contribution in [0.1, 0.15) is 43.5 Å². The predicted molar refractivity (Wildman–Crippen MR) is 92.5 cm³/mol. The van der Waals surface area contributed by atoms with Crippen LogP contribution in [0.2, 0.25) is 0 Å². The molecular weight excluding hydrogens is 380 g/mol. The van der Waals surface area contributed by atoms with E-state index in [-0.39, 0.29) is 12.6 Å². The third-order valence-electron chi connectivity index (χ3n) is 5.34. The first-order chi connectivity index (χ1) is 11.1. The van der Waals surface area contributed by atoms with E-state index in [4.69, 9.17) is 9.47 Å². The van der Waals surface area contributed by atoms with Crippen molar-refractivity contribution in [3.63, 3.8) is 0 Å². The molecule has 0 unspecified atom stereocenters. The number of ether oxygens (including phenoxy) is 2. The maximum atomic E-state index is 11.5. The van der Waals surface area contributed by atoms with E-state index in [9.17, 15) is 4.79 Å². The lowest BCUT2D eigenvalue weighted by Crippen LogP contribution is -2.44. The monoisotopic (exact) mass is 402 g/mol. The summed E-state index contributed by atoms with van der Waals surface area (Å²) in [7, 11) is 1.39. The molecule has 5 nitrogen and oxygen atoms in total. The van der Waals surface area contributed by atoms with Crippen molar-refractivity contribution in [3.05, 3.63) is 15.0 Å². The summed E-state index contributed by atoms with van der Waals surface area (Å²) in [5, 5.41) is 6.40. The number of hydrogen-bond acceptors (Lipinski definition) is 6. The predicted octanol–water partition coefficient (Wildman–Crippen LogP) is 3.23. The van der Waals surface area contributed by atoms with Gasteiger partial charge in [-0.05, 0) is 73.0 Å². The molecule has 2 aliphatic rings. The minimum Gasteiger partial charge on any atom is -0.467 e. The van der Waals surface area contributed by atoms with Gasteiger partial charge in [0.25, 0.3) is 0 Å². The van der Waals surface area contributed by atoms with Gasteiger partial charge in [-0.15, -0.1) is 11.3 Å². The fourth-order valence-electron chi connectivity index (χ4n) is 3.78. The number of aromatic nitrogens is 1. The van der Waals surface area contributed by atoms with Gasteiger partial charge >= 0.3 is 5.97 Å². The second-order valence-corrected chi connectivity index (χ2v) is 8.26. The molecule has 23 heavy (non-hydrogen) atoms. The van der Waals surface area contributed by atoms with Gasteiger partial charge in [0.05, 0.1) is 7.11 Å². The number of nitrogens with zero attached hydrogens (tertiary/aromatic N) is 1. The summed E-state index contributed by atoms with van der Waals surface area (Å²) < 4.78 is 11.7. The third kappa shape index (κ3) is 3.78. The molecule has 1 aliphatic heterocycles. The summed E-state index contributed by atoms with van der Waals surface area (Å²) in [6, 6.07) is 0. The van der Waals surface area contributed by atoms with Gasteiger partial charge in [0.15, 0.2) is 0 Å². The molecule has 0 aromatic carbocycles. The van der Waals surface area contributed by atoms with E-state index in [0.717, 1.165) is 48.4 Å². The van der Waals surface area contributed by atoms with E-state index in [0.29, 0.717) is 5.41 Å². The molecule has 1 saturated carbocycles. The standard InChI is InChI=1S/C16H23BrN2O3S/c1-21-13(20)10-22-16(14-19-12(17)11-23-14)4-2-15(3-5-16)6-8-18-9-7-15/h11,18H,2-10H2,1H3. The van der Waals surface area contributed by atoms with Crippen molar-refractivity contribution in [2.75, 3.05) is 26.8 Å². The van der Waals surface area contributed by atoms with E-state index in [1.807, 2.05) is 5.38 Å². The average molecular weight is 403 g/mol. The fourth-order valence-corrected chi connectivity index (χ4v) is 5.25. The normalized spacial score (nSPS) is 22.9. The highest BCUT2D eigenvalue weighted by molar-refractivity contribution is 9.10. The molecule has 3 rings (SSSR count). The SMILES string of the molecule is COC(=O)COC1(c2nc(Br)cs2)CCC2(CCNCC2)CC1. The van der Waals surface area contributed by atoms with Crippen molar-refractivity contribution < 1.29 is 14.3 Å². The molecule has 7 heteroatoms. The summed E-state index contributed by atoms with van der Waals surface area (Å²) in [4.78, 5) is 16.1. The Balaban J connectivity index is 1.76. The number of carbonyl (C=O) groups excluding carboxylic acids is 1. The van der Waals surface area contributed by atoms with Crippen molar-refractivity contribution in [1.29, 1.82) is 0 Å². The van der Waals surface area contributed by atoms with Crippen LogP contribution in [0.3, 0.4) is 0 Å². The number of thiazole rings is 1. The molecule has 2 fully saturated rings. The lowest BCUT2D eigenvalue weighted by molar-refractivity contribution is -0.160. The number of halogens is 1. The minimum absolute atomic E-state index is 0.0117. The number of methoxy groups -OCH3 is 1. The topological polar surface area (TPSA) is 60.5 Å². The Labute approximate surface area is 149 Å². The number of esters is 1. The summed E-state index contributed by atoms with van der Waals surface area (Å²) in [5.74, 6) is -0.331. The Bertz CT molecular complexity index is 547. The Hall–Kier alpha value is -0.500. The van der Waals surface area contributed by atoms with Gasteiger partial charge in [0.1, 0.15) is 21.8 Å². The van der Waals surface area contributed by atoms with Crippen LogP contribution in [0.25, 0.3) is 0 Å². The summed E-state index contributed by atoms with van der Waals surface area (Å²) in [6.45, 7) is 2.21. The second kappa shape index (κ2) is 7.17. The van der Waals surface area contributed by atoms with Gasteiger partial charge in [-0.2, -0.15) is 0 Å². The van der Waals surface area contributed by atoms with Crippen molar-refractivity contribution in [1.82, 2.24) is 10.3 Å². The highest BCUT2D eigenvalue weighted by Gasteiger charge is 2.46. The van der Waals surface area contributed by atoms with E-state index in [2.05, 4.69) is 26.2 Å². The van der Waals surface area contributed by atoms with Crippen LogP contribution in [0.5, 0.6) is 0 Å². The average Bonchev–Trinajstić information content (AvgIpc) is 3.02. The highest BCUT2D eigenvalue weighted by Crippen LogP contribution is 2.52. The van der Waals surface area contributed by atoms with Gasteiger partial charge in [0.2, 0.25) is 0 Å². The minimum atomic E-state index is -0.443. The lowest BCUT2D eigenvalue weighted by atomic mass is 9.64. The van der Waals surface area contributed by atoms with Crippen molar-refractivity contribution >= 4 is 33.2 Å². The number of piperidine rings is 1. The van der Waals surface area contributed by atoms with Crippen LogP contribution in [-0.2, 0) is 19.9 Å². The summed E-state index contributed by atoms with van der Waals surface area (Å²) >= 11 is 5.03. The molecule has 1 aromatic rings.